The van der Waals surface area contributed by atoms with Crippen molar-refractivity contribution in [3.05, 3.63) is 12.0 Å². The number of nitrogens with zero attached hydrogens (tertiary/aromatic N) is 2. The Morgan fingerprint density at radius 1 is 1.58 bits per heavy atom. The first-order valence-corrected chi connectivity index (χ1v) is 3.66. The van der Waals surface area contributed by atoms with Crippen molar-refractivity contribution in [1.82, 2.24) is 5.43 Å². The van der Waals surface area contributed by atoms with E-state index in [-0.39, 0.29) is 5.88 Å². The van der Waals surface area contributed by atoms with Crippen LogP contribution in [0.25, 0.3) is 0 Å². The van der Waals surface area contributed by atoms with Gasteiger partial charge in [-0.3, -0.25) is 0 Å². The molecule has 0 aliphatic carbocycles. The molecule has 0 bridgehead atoms. The molecule has 0 aromatic rings. The number of hydrogen-bond acceptors (Lipinski definition) is 2. The van der Waals surface area contributed by atoms with Crippen molar-refractivity contribution in [2.75, 3.05) is 0 Å². The van der Waals surface area contributed by atoms with Crippen LogP contribution in [0.4, 0.5) is 8.78 Å². The molecule has 1 rings (SSSR count). The summed E-state index contributed by atoms with van der Waals surface area (Å²) in [6.07, 6.45) is 3.07. The van der Waals surface area contributed by atoms with Crippen molar-refractivity contribution in [3.8, 4) is 0 Å². The first-order chi connectivity index (χ1) is 5.72. The quantitative estimate of drug-likeness (QED) is 0.642. The summed E-state index contributed by atoms with van der Waals surface area (Å²) in [6.45, 7) is -0.848. The lowest BCUT2D eigenvalue weighted by atomic mass is 10.2. The van der Waals surface area contributed by atoms with Crippen LogP contribution in [0.2, 0.25) is 0 Å². The highest BCUT2D eigenvalue weighted by molar-refractivity contribution is 5.96. The van der Waals surface area contributed by atoms with Crippen molar-refractivity contribution < 1.29 is 13.5 Å². The second-order valence-electron chi connectivity index (χ2n) is 2.30. The fraction of sp³-hybridized carbons (Fsp3) is 0.571. The van der Waals surface area contributed by atoms with E-state index in [0.717, 1.165) is 12.8 Å². The van der Waals surface area contributed by atoms with E-state index < -0.39 is 6.61 Å². The van der Waals surface area contributed by atoms with Gasteiger partial charge in [0.25, 0.3) is 0 Å². The molecule has 0 atom stereocenters. The van der Waals surface area contributed by atoms with E-state index in [0.29, 0.717) is 5.71 Å². The van der Waals surface area contributed by atoms with Crippen molar-refractivity contribution in [1.29, 1.82) is 0 Å². The standard InChI is InChI=1S/C7H9F2N2O/c1-2-3-5-4-6(11-10-5)12-7(8)9/h4,7H,2-3H2,1H3. The smallest absolute Gasteiger partial charge is 0.388 e. The first-order valence-electron chi connectivity index (χ1n) is 3.66. The van der Waals surface area contributed by atoms with Crippen LogP contribution in [-0.2, 0) is 4.74 Å². The molecule has 0 aromatic heterocycles. The monoisotopic (exact) mass is 175 g/mol. The predicted molar refractivity (Wildman–Crippen MR) is 39.6 cm³/mol. The topological polar surface area (TPSA) is 35.7 Å². The number of hydrogen-bond donors (Lipinski definition) is 0. The van der Waals surface area contributed by atoms with Crippen LogP contribution in [0.3, 0.4) is 0 Å². The third-order valence-electron chi connectivity index (χ3n) is 1.28. The van der Waals surface area contributed by atoms with Gasteiger partial charge in [0.1, 0.15) is 0 Å². The van der Waals surface area contributed by atoms with Gasteiger partial charge in [0.15, 0.2) is 0 Å². The maximum Gasteiger partial charge on any atom is 0.388 e. The summed E-state index contributed by atoms with van der Waals surface area (Å²) in [5.41, 5.74) is 4.11. The van der Waals surface area contributed by atoms with Crippen LogP contribution < -0.4 is 5.43 Å². The molecule has 0 saturated carbocycles. The number of rotatable bonds is 4. The summed E-state index contributed by atoms with van der Waals surface area (Å²) in [4.78, 5) is 0. The lowest BCUT2D eigenvalue weighted by molar-refractivity contribution is -0.101. The van der Waals surface area contributed by atoms with Crippen LogP contribution in [0.15, 0.2) is 17.1 Å². The van der Waals surface area contributed by atoms with Crippen LogP contribution in [-0.4, -0.2) is 12.3 Å². The maximum absolute atomic E-state index is 11.6. The predicted octanol–water partition coefficient (Wildman–Crippen LogP) is 1.84. The largest absolute Gasteiger partial charge is 0.415 e. The third-order valence-corrected chi connectivity index (χ3v) is 1.28. The van der Waals surface area contributed by atoms with E-state index >= 15 is 0 Å². The molecule has 0 saturated heterocycles. The van der Waals surface area contributed by atoms with E-state index in [9.17, 15) is 8.78 Å². The lowest BCUT2D eigenvalue weighted by Crippen LogP contribution is -2.03. The molecule has 0 unspecified atom stereocenters. The molecule has 67 valence electrons. The molecule has 12 heavy (non-hydrogen) atoms. The SMILES string of the molecule is CCCC1=N[N]C(OC(F)F)=C1. The normalized spacial score (nSPS) is 15.7. The summed E-state index contributed by atoms with van der Waals surface area (Å²) in [5.74, 6) is -0.103. The minimum atomic E-state index is -2.82. The summed E-state index contributed by atoms with van der Waals surface area (Å²) in [6, 6.07) is 0. The van der Waals surface area contributed by atoms with Crippen LogP contribution in [0, 0.1) is 0 Å². The van der Waals surface area contributed by atoms with E-state index in [2.05, 4.69) is 15.3 Å². The summed E-state index contributed by atoms with van der Waals surface area (Å²) >= 11 is 0. The van der Waals surface area contributed by atoms with Crippen LogP contribution >= 0.6 is 0 Å². The maximum atomic E-state index is 11.6. The van der Waals surface area contributed by atoms with Gasteiger partial charge in [0.2, 0.25) is 5.88 Å². The summed E-state index contributed by atoms with van der Waals surface area (Å²) in [7, 11) is 0. The van der Waals surface area contributed by atoms with Gasteiger partial charge in [-0.15, -0.1) is 5.43 Å². The van der Waals surface area contributed by atoms with Crippen molar-refractivity contribution in [3.63, 3.8) is 0 Å². The summed E-state index contributed by atoms with van der Waals surface area (Å²) < 4.78 is 27.3. The van der Waals surface area contributed by atoms with Gasteiger partial charge in [-0.05, 0) is 6.42 Å². The van der Waals surface area contributed by atoms with Gasteiger partial charge in [-0.25, -0.2) is 0 Å². The Hall–Kier alpha value is -1.13. The Labute approximate surface area is 69.1 Å². The number of allylic oxidation sites excluding steroid dienone is 1. The lowest BCUT2D eigenvalue weighted by Gasteiger charge is -2.00. The number of alkyl halides is 2. The highest BCUT2D eigenvalue weighted by atomic mass is 19.3. The van der Waals surface area contributed by atoms with Crippen molar-refractivity contribution >= 4 is 5.71 Å². The zero-order valence-electron chi connectivity index (χ0n) is 6.63. The van der Waals surface area contributed by atoms with Gasteiger partial charge >= 0.3 is 6.61 Å². The first kappa shape index (κ1) is 8.96. The number of halogens is 2. The molecular weight excluding hydrogens is 166 g/mol. The zero-order valence-corrected chi connectivity index (χ0v) is 6.63. The van der Waals surface area contributed by atoms with Gasteiger partial charge in [0.05, 0.1) is 5.71 Å². The molecule has 1 aliphatic rings. The minimum Gasteiger partial charge on any atom is -0.415 e. The molecule has 5 heteroatoms. The fourth-order valence-corrected chi connectivity index (χ4v) is 0.841. The Bertz CT molecular complexity index is 213. The average Bonchev–Trinajstić information content (AvgIpc) is 2.36. The molecule has 3 nitrogen and oxygen atoms in total. The molecule has 1 aliphatic heterocycles. The molecule has 0 N–H and O–H groups in total. The van der Waals surface area contributed by atoms with E-state index in [1.807, 2.05) is 6.92 Å². The van der Waals surface area contributed by atoms with E-state index in [4.69, 9.17) is 0 Å². The Kier molecular flexibility index (Phi) is 3.01. The second kappa shape index (κ2) is 4.04. The van der Waals surface area contributed by atoms with Gasteiger partial charge in [-0.2, -0.15) is 13.9 Å². The van der Waals surface area contributed by atoms with E-state index in [1.165, 1.54) is 6.08 Å². The molecule has 0 aromatic carbocycles. The highest BCUT2D eigenvalue weighted by Crippen LogP contribution is 2.10. The minimum absolute atomic E-state index is 0.103. The third kappa shape index (κ3) is 2.48. The number of ether oxygens (including phenoxy) is 1. The second-order valence-corrected chi connectivity index (χ2v) is 2.30. The van der Waals surface area contributed by atoms with Crippen molar-refractivity contribution in [2.24, 2.45) is 5.10 Å². The van der Waals surface area contributed by atoms with Crippen LogP contribution in [0.1, 0.15) is 19.8 Å². The Morgan fingerprint density at radius 2 is 2.33 bits per heavy atom. The Morgan fingerprint density at radius 3 is 2.92 bits per heavy atom. The summed E-state index contributed by atoms with van der Waals surface area (Å²) in [5, 5.41) is 3.65. The van der Waals surface area contributed by atoms with Crippen molar-refractivity contribution in [2.45, 2.75) is 26.4 Å². The molecule has 0 spiro atoms. The van der Waals surface area contributed by atoms with Gasteiger partial charge in [0, 0.05) is 6.08 Å². The molecule has 1 radical (unpaired) electrons. The van der Waals surface area contributed by atoms with Gasteiger partial charge in [-0.1, -0.05) is 13.3 Å². The zero-order chi connectivity index (χ0) is 8.97. The fourth-order valence-electron chi connectivity index (χ4n) is 0.841. The Balaban J connectivity index is 2.38. The van der Waals surface area contributed by atoms with Crippen LogP contribution in [0.5, 0.6) is 0 Å². The van der Waals surface area contributed by atoms with Gasteiger partial charge < -0.3 is 4.74 Å². The highest BCUT2D eigenvalue weighted by Gasteiger charge is 2.14. The molecule has 1 heterocycles. The average molecular weight is 175 g/mol. The molecular formula is C7H9F2N2O. The molecule has 0 fully saturated rings. The molecule has 0 amide bonds. The van der Waals surface area contributed by atoms with E-state index in [1.54, 1.807) is 0 Å².